The monoisotopic (exact) mass is 401 g/mol. The molecule has 0 bridgehead atoms. The van der Waals surface area contributed by atoms with Crippen LogP contribution in [0, 0.1) is 0 Å². The molecule has 0 unspecified atom stereocenters. The van der Waals surface area contributed by atoms with Gasteiger partial charge in [0, 0.05) is 12.1 Å². The third-order valence-corrected chi connectivity index (χ3v) is 5.43. The van der Waals surface area contributed by atoms with Crippen molar-refractivity contribution in [1.82, 2.24) is 4.90 Å². The molecule has 1 aliphatic heterocycles. The lowest BCUT2D eigenvalue weighted by molar-refractivity contribution is -0.140. The van der Waals surface area contributed by atoms with Gasteiger partial charge in [-0.25, -0.2) is 0 Å². The van der Waals surface area contributed by atoms with E-state index < -0.39 is 17.9 Å². The number of ether oxygens (including phenoxy) is 1. The van der Waals surface area contributed by atoms with Crippen molar-refractivity contribution in [3.05, 3.63) is 101 Å². The van der Waals surface area contributed by atoms with Gasteiger partial charge in [-0.2, -0.15) is 0 Å². The molecule has 0 fully saturated rings. The Balaban J connectivity index is 1.84. The Labute approximate surface area is 175 Å². The van der Waals surface area contributed by atoms with E-state index in [0.29, 0.717) is 30.0 Å². The molecule has 0 radical (unpaired) electrons. The lowest BCUT2D eigenvalue weighted by Crippen LogP contribution is -2.44. The molecule has 5 nitrogen and oxygen atoms in total. The summed E-state index contributed by atoms with van der Waals surface area (Å²) in [5.41, 5.74) is 2.72. The van der Waals surface area contributed by atoms with Gasteiger partial charge in [0.15, 0.2) is 0 Å². The minimum Gasteiger partial charge on any atom is -0.494 e. The topological polar surface area (TPSA) is 66.8 Å². The zero-order valence-corrected chi connectivity index (χ0v) is 16.7. The summed E-state index contributed by atoms with van der Waals surface area (Å²) in [4.78, 5) is 27.5. The van der Waals surface area contributed by atoms with Crippen LogP contribution in [0.25, 0.3) is 0 Å². The first-order chi connectivity index (χ1) is 14.6. The van der Waals surface area contributed by atoms with Crippen LogP contribution in [0.1, 0.15) is 45.9 Å². The molecule has 3 aromatic carbocycles. The van der Waals surface area contributed by atoms with Crippen molar-refractivity contribution in [2.24, 2.45) is 0 Å². The molecule has 152 valence electrons. The Morgan fingerprint density at radius 2 is 1.63 bits per heavy atom. The van der Waals surface area contributed by atoms with E-state index in [9.17, 15) is 14.7 Å². The highest BCUT2D eigenvalue weighted by atomic mass is 16.5. The number of nitrogens with zero attached hydrogens (tertiary/aromatic N) is 1. The minimum atomic E-state index is -0.952. The van der Waals surface area contributed by atoms with E-state index in [-0.39, 0.29) is 5.91 Å². The SMILES string of the molecule is CCOc1ccc([C@H]2[C@H](C(=O)O)c3ccccc3C(=O)N2Cc2ccccc2)cc1. The van der Waals surface area contributed by atoms with Gasteiger partial charge >= 0.3 is 5.97 Å². The van der Waals surface area contributed by atoms with Crippen LogP contribution in [0.5, 0.6) is 5.75 Å². The first-order valence-electron chi connectivity index (χ1n) is 9.99. The molecule has 1 N–H and O–H groups in total. The number of hydrogen-bond acceptors (Lipinski definition) is 3. The van der Waals surface area contributed by atoms with Crippen LogP contribution in [0.2, 0.25) is 0 Å². The maximum Gasteiger partial charge on any atom is 0.313 e. The maximum absolute atomic E-state index is 13.5. The quantitative estimate of drug-likeness (QED) is 0.653. The molecule has 0 aromatic heterocycles. The van der Waals surface area contributed by atoms with Gasteiger partial charge in [-0.15, -0.1) is 0 Å². The fourth-order valence-electron chi connectivity index (χ4n) is 4.11. The number of benzene rings is 3. The smallest absolute Gasteiger partial charge is 0.313 e. The molecule has 0 saturated carbocycles. The number of rotatable bonds is 6. The van der Waals surface area contributed by atoms with E-state index in [4.69, 9.17) is 4.74 Å². The number of fused-ring (bicyclic) bond motifs is 1. The molecular formula is C25H23NO4. The van der Waals surface area contributed by atoms with Crippen LogP contribution in [-0.4, -0.2) is 28.5 Å². The van der Waals surface area contributed by atoms with E-state index in [0.717, 1.165) is 11.1 Å². The normalized spacial score (nSPS) is 18.0. The second-order valence-corrected chi connectivity index (χ2v) is 7.27. The Hall–Kier alpha value is -3.60. The van der Waals surface area contributed by atoms with Gasteiger partial charge in [-0.1, -0.05) is 60.7 Å². The van der Waals surface area contributed by atoms with Gasteiger partial charge in [-0.05, 0) is 41.8 Å². The molecule has 0 aliphatic carbocycles. The van der Waals surface area contributed by atoms with Crippen molar-refractivity contribution in [3.63, 3.8) is 0 Å². The van der Waals surface area contributed by atoms with Crippen molar-refractivity contribution in [2.75, 3.05) is 6.61 Å². The van der Waals surface area contributed by atoms with Gasteiger partial charge in [0.1, 0.15) is 11.7 Å². The summed E-state index contributed by atoms with van der Waals surface area (Å²) in [5, 5.41) is 10.2. The van der Waals surface area contributed by atoms with Crippen molar-refractivity contribution >= 4 is 11.9 Å². The standard InChI is InChI=1S/C25H23NO4/c1-2-30-19-14-12-18(13-15-19)23-22(25(28)29)20-10-6-7-11-21(20)24(27)26(23)16-17-8-4-3-5-9-17/h3-15,22-23H,2,16H2,1H3,(H,28,29)/t22-,23+/m1/s1. The third kappa shape index (κ3) is 3.66. The van der Waals surface area contributed by atoms with Crippen LogP contribution in [0.15, 0.2) is 78.9 Å². The van der Waals surface area contributed by atoms with E-state index in [2.05, 4.69) is 0 Å². The van der Waals surface area contributed by atoms with E-state index in [1.807, 2.05) is 61.5 Å². The first kappa shape index (κ1) is 19.7. The Morgan fingerprint density at radius 3 is 2.30 bits per heavy atom. The average Bonchev–Trinajstić information content (AvgIpc) is 2.77. The number of aliphatic carboxylic acids is 1. The van der Waals surface area contributed by atoms with Crippen LogP contribution in [0.4, 0.5) is 0 Å². The highest BCUT2D eigenvalue weighted by Crippen LogP contribution is 2.43. The maximum atomic E-state index is 13.5. The predicted molar refractivity (Wildman–Crippen MR) is 113 cm³/mol. The second kappa shape index (κ2) is 8.41. The number of hydrogen-bond donors (Lipinski definition) is 1. The third-order valence-electron chi connectivity index (χ3n) is 5.43. The number of carboxylic acids is 1. The highest BCUT2D eigenvalue weighted by Gasteiger charge is 2.44. The summed E-state index contributed by atoms with van der Waals surface area (Å²) in [6, 6.07) is 23.4. The number of carbonyl (C=O) groups is 2. The lowest BCUT2D eigenvalue weighted by Gasteiger charge is -2.41. The molecule has 2 atom stereocenters. The van der Waals surface area contributed by atoms with Crippen molar-refractivity contribution in [1.29, 1.82) is 0 Å². The first-order valence-corrected chi connectivity index (χ1v) is 9.99. The Morgan fingerprint density at radius 1 is 0.967 bits per heavy atom. The summed E-state index contributed by atoms with van der Waals surface area (Å²) < 4.78 is 5.53. The zero-order chi connectivity index (χ0) is 21.1. The minimum absolute atomic E-state index is 0.161. The molecule has 5 heteroatoms. The van der Waals surface area contributed by atoms with Gasteiger partial charge in [-0.3, -0.25) is 9.59 Å². The molecule has 1 aliphatic rings. The lowest BCUT2D eigenvalue weighted by atomic mass is 9.79. The summed E-state index contributed by atoms with van der Waals surface area (Å²) in [6.45, 7) is 2.79. The van der Waals surface area contributed by atoms with Gasteiger partial charge in [0.25, 0.3) is 5.91 Å². The van der Waals surface area contributed by atoms with Crippen LogP contribution in [0.3, 0.4) is 0 Å². The van der Waals surface area contributed by atoms with E-state index in [1.165, 1.54) is 0 Å². The van der Waals surface area contributed by atoms with Gasteiger partial charge < -0.3 is 14.7 Å². The number of carboxylic acid groups (broad SMARTS) is 1. The number of carbonyl (C=O) groups excluding carboxylic acids is 1. The van der Waals surface area contributed by atoms with Crippen LogP contribution < -0.4 is 4.74 Å². The van der Waals surface area contributed by atoms with Crippen LogP contribution >= 0.6 is 0 Å². The molecule has 1 amide bonds. The molecule has 1 heterocycles. The fourth-order valence-corrected chi connectivity index (χ4v) is 4.11. The predicted octanol–water partition coefficient (Wildman–Crippen LogP) is 4.65. The van der Waals surface area contributed by atoms with Crippen LogP contribution in [-0.2, 0) is 11.3 Å². The summed E-state index contributed by atoms with van der Waals surface area (Å²) in [7, 11) is 0. The molecular weight excluding hydrogens is 378 g/mol. The highest BCUT2D eigenvalue weighted by molar-refractivity contribution is 6.00. The van der Waals surface area contributed by atoms with Crippen molar-refractivity contribution in [2.45, 2.75) is 25.4 Å². The summed E-state index contributed by atoms with van der Waals surface area (Å²) in [6.07, 6.45) is 0. The molecule has 4 rings (SSSR count). The van der Waals surface area contributed by atoms with E-state index in [1.54, 1.807) is 29.2 Å². The van der Waals surface area contributed by atoms with Gasteiger partial charge in [0.05, 0.1) is 12.6 Å². The molecule has 30 heavy (non-hydrogen) atoms. The average molecular weight is 401 g/mol. The largest absolute Gasteiger partial charge is 0.494 e. The summed E-state index contributed by atoms with van der Waals surface area (Å²) in [5.74, 6) is -1.26. The molecule has 3 aromatic rings. The fraction of sp³-hybridized carbons (Fsp3) is 0.200. The van der Waals surface area contributed by atoms with Gasteiger partial charge in [0.2, 0.25) is 0 Å². The van der Waals surface area contributed by atoms with Crippen molar-refractivity contribution in [3.8, 4) is 5.75 Å². The molecule has 0 saturated heterocycles. The number of amides is 1. The zero-order valence-electron chi connectivity index (χ0n) is 16.7. The Kier molecular flexibility index (Phi) is 5.53. The van der Waals surface area contributed by atoms with Crippen molar-refractivity contribution < 1.29 is 19.4 Å². The van der Waals surface area contributed by atoms with E-state index >= 15 is 0 Å². The second-order valence-electron chi connectivity index (χ2n) is 7.27. The molecule has 0 spiro atoms. The Bertz CT molecular complexity index is 1050. The summed E-state index contributed by atoms with van der Waals surface area (Å²) >= 11 is 0.